The number of allylic oxidation sites excluding steroid dienone is 1. The van der Waals surface area contributed by atoms with E-state index in [0.29, 0.717) is 5.56 Å². The maximum absolute atomic E-state index is 11.5. The van der Waals surface area contributed by atoms with Gasteiger partial charge < -0.3 is 0 Å². The van der Waals surface area contributed by atoms with Crippen LogP contribution in [0.4, 0.5) is 0 Å². The van der Waals surface area contributed by atoms with Crippen molar-refractivity contribution in [3.8, 4) is 0 Å². The molecule has 0 radical (unpaired) electrons. The van der Waals surface area contributed by atoms with Crippen LogP contribution in [0.3, 0.4) is 0 Å². The second kappa shape index (κ2) is 3.91. The maximum atomic E-state index is 11.5. The first-order valence-corrected chi connectivity index (χ1v) is 6.87. The SMILES string of the molecule is O=C=C1C=Cc2ccccc2C1S(=O)(=O)Cl. The molecule has 0 spiro atoms. The summed E-state index contributed by atoms with van der Waals surface area (Å²) in [4.78, 5) is 10.7. The second-order valence-electron chi connectivity index (χ2n) is 3.38. The Morgan fingerprint density at radius 2 is 1.88 bits per heavy atom. The molecule has 2 rings (SSSR count). The zero-order valence-electron chi connectivity index (χ0n) is 8.05. The van der Waals surface area contributed by atoms with E-state index in [1.165, 1.54) is 6.08 Å². The Morgan fingerprint density at radius 3 is 2.50 bits per heavy atom. The van der Waals surface area contributed by atoms with Crippen LogP contribution in [0.25, 0.3) is 6.08 Å². The van der Waals surface area contributed by atoms with Gasteiger partial charge in [-0.1, -0.05) is 30.3 Å². The smallest absolute Gasteiger partial charge is 0.233 e. The topological polar surface area (TPSA) is 51.2 Å². The fourth-order valence-electron chi connectivity index (χ4n) is 1.73. The lowest BCUT2D eigenvalue weighted by Crippen LogP contribution is -2.13. The zero-order valence-corrected chi connectivity index (χ0v) is 9.62. The first-order chi connectivity index (χ1) is 7.54. The lowest BCUT2D eigenvalue weighted by Gasteiger charge is -2.19. The van der Waals surface area contributed by atoms with Gasteiger partial charge in [0.05, 0.1) is 5.57 Å². The molecule has 1 unspecified atom stereocenters. The van der Waals surface area contributed by atoms with Crippen LogP contribution in [0.5, 0.6) is 0 Å². The molecule has 1 aliphatic rings. The predicted octanol–water partition coefficient (Wildman–Crippen LogP) is 2.08. The van der Waals surface area contributed by atoms with E-state index in [-0.39, 0.29) is 5.57 Å². The highest BCUT2D eigenvalue weighted by Gasteiger charge is 2.32. The number of rotatable bonds is 1. The summed E-state index contributed by atoms with van der Waals surface area (Å²) < 4.78 is 22.9. The van der Waals surface area contributed by atoms with Crippen molar-refractivity contribution in [2.75, 3.05) is 0 Å². The summed E-state index contributed by atoms with van der Waals surface area (Å²) >= 11 is 0. The highest BCUT2D eigenvalue weighted by molar-refractivity contribution is 8.14. The Balaban J connectivity index is 2.74. The summed E-state index contributed by atoms with van der Waals surface area (Å²) in [5.41, 5.74) is 1.29. The highest BCUT2D eigenvalue weighted by atomic mass is 35.7. The molecule has 16 heavy (non-hydrogen) atoms. The highest BCUT2D eigenvalue weighted by Crippen LogP contribution is 2.38. The second-order valence-corrected chi connectivity index (χ2v) is 6.09. The summed E-state index contributed by atoms with van der Waals surface area (Å²) in [5, 5.41) is -1.12. The first-order valence-electron chi connectivity index (χ1n) is 4.49. The summed E-state index contributed by atoms with van der Waals surface area (Å²) in [6, 6.07) is 6.90. The molecule has 1 atom stereocenters. The average Bonchev–Trinajstić information content (AvgIpc) is 2.26. The maximum Gasteiger partial charge on any atom is 0.244 e. The molecule has 82 valence electrons. The molecule has 0 heterocycles. The molecule has 0 N–H and O–H groups in total. The molecule has 5 heteroatoms. The lowest BCUT2D eigenvalue weighted by molar-refractivity contribution is 0.565. The number of carbonyl (C=O) groups excluding carboxylic acids is 1. The lowest BCUT2D eigenvalue weighted by atomic mass is 9.94. The number of halogens is 1. The van der Waals surface area contributed by atoms with E-state index in [1.807, 2.05) is 0 Å². The van der Waals surface area contributed by atoms with Crippen molar-refractivity contribution < 1.29 is 13.2 Å². The van der Waals surface area contributed by atoms with Crippen molar-refractivity contribution in [3.63, 3.8) is 0 Å². The van der Waals surface area contributed by atoms with E-state index in [2.05, 4.69) is 0 Å². The molecule has 0 fully saturated rings. The summed E-state index contributed by atoms with van der Waals surface area (Å²) in [5.74, 6) is 1.62. The van der Waals surface area contributed by atoms with Gasteiger partial charge in [0, 0.05) is 10.7 Å². The van der Waals surface area contributed by atoms with Crippen LogP contribution in [0.1, 0.15) is 16.4 Å². The van der Waals surface area contributed by atoms with Gasteiger partial charge in [-0.2, -0.15) is 0 Å². The van der Waals surface area contributed by atoms with Crippen molar-refractivity contribution in [1.29, 1.82) is 0 Å². The van der Waals surface area contributed by atoms with Crippen LogP contribution in [-0.4, -0.2) is 14.4 Å². The molecule has 0 amide bonds. The number of hydrogen-bond acceptors (Lipinski definition) is 3. The van der Waals surface area contributed by atoms with Gasteiger partial charge in [0.25, 0.3) is 0 Å². The molecular formula is C11H7ClO3S. The van der Waals surface area contributed by atoms with Gasteiger partial charge >= 0.3 is 0 Å². The van der Waals surface area contributed by atoms with E-state index in [4.69, 9.17) is 10.7 Å². The molecule has 1 aliphatic carbocycles. The van der Waals surface area contributed by atoms with Crippen molar-refractivity contribution in [3.05, 3.63) is 47.0 Å². The van der Waals surface area contributed by atoms with Crippen LogP contribution in [-0.2, 0) is 13.8 Å². The monoisotopic (exact) mass is 254 g/mol. The molecule has 0 aliphatic heterocycles. The Labute approximate surface area is 97.5 Å². The summed E-state index contributed by atoms with van der Waals surface area (Å²) in [7, 11) is 1.47. The Morgan fingerprint density at radius 1 is 1.19 bits per heavy atom. The fraction of sp³-hybridized carbons (Fsp3) is 0.0909. The molecular weight excluding hydrogens is 248 g/mol. The van der Waals surface area contributed by atoms with Gasteiger partial charge in [-0.15, -0.1) is 0 Å². The van der Waals surface area contributed by atoms with Crippen LogP contribution in [0, 0.1) is 0 Å². The Kier molecular flexibility index (Phi) is 2.72. The van der Waals surface area contributed by atoms with Crippen LogP contribution >= 0.6 is 10.7 Å². The van der Waals surface area contributed by atoms with Crippen LogP contribution < -0.4 is 0 Å². The number of hydrogen-bond donors (Lipinski definition) is 0. The van der Waals surface area contributed by atoms with Crippen molar-refractivity contribution >= 4 is 31.8 Å². The van der Waals surface area contributed by atoms with Crippen LogP contribution in [0.15, 0.2) is 35.9 Å². The summed E-state index contributed by atoms with van der Waals surface area (Å²) in [6.45, 7) is 0. The third-order valence-electron chi connectivity index (χ3n) is 2.40. The zero-order chi connectivity index (χ0) is 11.8. The first kappa shape index (κ1) is 11.1. The minimum absolute atomic E-state index is 0.0358. The largest absolute Gasteiger partial charge is 0.244 e. The molecule has 1 aromatic carbocycles. The van der Waals surface area contributed by atoms with Gasteiger partial charge in [0.15, 0.2) is 0 Å². The van der Waals surface area contributed by atoms with Gasteiger partial charge in [-0.05, 0) is 17.2 Å². The van der Waals surface area contributed by atoms with E-state index in [0.717, 1.165) is 5.56 Å². The van der Waals surface area contributed by atoms with Crippen LogP contribution in [0.2, 0.25) is 0 Å². The van der Waals surface area contributed by atoms with Crippen molar-refractivity contribution in [2.45, 2.75) is 5.25 Å². The quantitative estimate of drug-likeness (QED) is 0.570. The third-order valence-corrected chi connectivity index (χ3v) is 4.01. The minimum Gasteiger partial charge on any atom is -0.233 e. The van der Waals surface area contributed by atoms with Crippen molar-refractivity contribution in [2.24, 2.45) is 0 Å². The summed E-state index contributed by atoms with van der Waals surface area (Å²) in [6.07, 6.45) is 3.11. The Bertz CT molecular complexity index is 610. The fourth-order valence-corrected chi connectivity index (χ4v) is 3.25. The molecule has 0 saturated heterocycles. The van der Waals surface area contributed by atoms with Crippen molar-refractivity contribution in [1.82, 2.24) is 0 Å². The third kappa shape index (κ3) is 1.83. The van der Waals surface area contributed by atoms with Gasteiger partial charge in [-0.3, -0.25) is 0 Å². The molecule has 1 aromatic rings. The van der Waals surface area contributed by atoms with Gasteiger partial charge in [0.2, 0.25) is 9.05 Å². The molecule has 0 saturated carbocycles. The Hall–Kier alpha value is -1.35. The number of fused-ring (bicyclic) bond motifs is 1. The standard InChI is InChI=1S/C11H7ClO3S/c12-16(14,15)11-9(7-13)6-5-8-3-1-2-4-10(8)11/h1-6,11H. The normalized spacial score (nSPS) is 19.1. The van der Waals surface area contributed by atoms with Gasteiger partial charge in [0.1, 0.15) is 11.2 Å². The molecule has 3 nitrogen and oxygen atoms in total. The van der Waals surface area contributed by atoms with E-state index in [1.54, 1.807) is 36.3 Å². The van der Waals surface area contributed by atoms with E-state index in [9.17, 15) is 13.2 Å². The van der Waals surface area contributed by atoms with Gasteiger partial charge in [-0.25, -0.2) is 13.2 Å². The molecule has 0 bridgehead atoms. The molecule has 0 aromatic heterocycles. The van der Waals surface area contributed by atoms with E-state index < -0.39 is 14.3 Å². The average molecular weight is 255 g/mol. The minimum atomic E-state index is -3.88. The van der Waals surface area contributed by atoms with E-state index >= 15 is 0 Å². The number of benzene rings is 1. The predicted molar refractivity (Wildman–Crippen MR) is 62.2 cm³/mol.